The first kappa shape index (κ1) is 32.3. The third kappa shape index (κ3) is 8.04. The number of carbonyl (C=O) groups excluding carboxylic acids is 1. The molecule has 3 heterocycles. The summed E-state index contributed by atoms with van der Waals surface area (Å²) in [7, 11) is -3.96. The highest BCUT2D eigenvalue weighted by molar-refractivity contribution is 7.89. The molecule has 0 unspecified atom stereocenters. The third-order valence-electron chi connectivity index (χ3n) is 8.70. The van der Waals surface area contributed by atoms with Gasteiger partial charge in [-0.15, -0.1) is 0 Å². The van der Waals surface area contributed by atoms with E-state index in [-0.39, 0.29) is 48.6 Å². The van der Waals surface area contributed by atoms with E-state index in [4.69, 9.17) is 14.2 Å². The summed E-state index contributed by atoms with van der Waals surface area (Å²) < 4.78 is 47.6. The highest BCUT2D eigenvalue weighted by Gasteiger charge is 2.41. The van der Waals surface area contributed by atoms with Crippen LogP contribution in [0.3, 0.4) is 0 Å². The van der Waals surface area contributed by atoms with E-state index < -0.39 is 28.0 Å². The average molecular weight is 658 g/mol. The standard InChI is InChI=1S/C33H43N3O7S2/c1-21(2)19-36(45(39,40)25-10-11-27-30(18-25)44-33(35-27)34-24-8-9-24)20-28(37)23(16-22-6-4-3-5-7-22)17-31(38)43-29-13-15-42-32-26(29)12-14-41-32/h3-7,10-11,18,21,23-24,26,28-29,32,37H,8-9,12-17,19-20H2,1-2H3,(H,34,35)/t23-,26+,28-,29+,32-/m1/s1. The van der Waals surface area contributed by atoms with Crippen molar-refractivity contribution in [1.29, 1.82) is 0 Å². The van der Waals surface area contributed by atoms with Gasteiger partial charge in [0.25, 0.3) is 0 Å². The zero-order chi connectivity index (χ0) is 31.6. The lowest BCUT2D eigenvalue weighted by atomic mass is 9.90. The van der Waals surface area contributed by atoms with Crippen molar-refractivity contribution >= 4 is 42.7 Å². The fraction of sp³-hybridized carbons (Fsp3) is 0.576. The number of fused-ring (bicyclic) bond motifs is 2. The van der Waals surface area contributed by atoms with Crippen molar-refractivity contribution in [2.75, 3.05) is 31.6 Å². The summed E-state index contributed by atoms with van der Waals surface area (Å²) >= 11 is 1.45. The SMILES string of the molecule is CC(C)CN(C[C@@H](O)[C@@H](CC(=O)O[C@H]1CCO[C@H]2OCC[C@H]21)Cc1ccccc1)S(=O)(=O)c1ccc2nc(NC3CC3)sc2c1. The largest absolute Gasteiger partial charge is 0.462 e. The van der Waals surface area contributed by atoms with Crippen LogP contribution >= 0.6 is 11.3 Å². The highest BCUT2D eigenvalue weighted by atomic mass is 32.2. The molecule has 1 aliphatic carbocycles. The molecular weight excluding hydrogens is 615 g/mol. The maximum Gasteiger partial charge on any atom is 0.306 e. The molecule has 3 aromatic rings. The van der Waals surface area contributed by atoms with Gasteiger partial charge in [0.05, 0.1) is 40.9 Å². The second-order valence-corrected chi connectivity index (χ2v) is 15.9. The van der Waals surface area contributed by atoms with Gasteiger partial charge in [0, 0.05) is 37.4 Å². The van der Waals surface area contributed by atoms with E-state index in [9.17, 15) is 18.3 Å². The number of aliphatic hydroxyl groups is 1. The number of hydrogen-bond acceptors (Lipinski definition) is 10. The number of thiazole rings is 1. The van der Waals surface area contributed by atoms with Gasteiger partial charge in [-0.1, -0.05) is 55.5 Å². The monoisotopic (exact) mass is 657 g/mol. The first-order valence-electron chi connectivity index (χ1n) is 16.0. The second-order valence-electron chi connectivity index (χ2n) is 12.9. The normalized spacial score (nSPS) is 23.3. The average Bonchev–Trinajstić information content (AvgIpc) is 3.51. The lowest BCUT2D eigenvalue weighted by Crippen LogP contribution is -2.43. The number of nitrogens with zero attached hydrogens (tertiary/aromatic N) is 2. The van der Waals surface area contributed by atoms with E-state index in [1.54, 1.807) is 18.2 Å². The molecule has 12 heteroatoms. The molecule has 1 saturated carbocycles. The van der Waals surface area contributed by atoms with E-state index >= 15 is 0 Å². The number of benzene rings is 2. The molecule has 1 aromatic heterocycles. The molecule has 244 valence electrons. The van der Waals surface area contributed by atoms with E-state index in [1.165, 1.54) is 15.6 Å². The lowest BCUT2D eigenvalue weighted by Gasteiger charge is -2.33. The van der Waals surface area contributed by atoms with E-state index in [1.807, 2.05) is 44.2 Å². The number of hydrogen-bond donors (Lipinski definition) is 2. The smallest absolute Gasteiger partial charge is 0.306 e. The number of anilines is 1. The van der Waals surface area contributed by atoms with Crippen molar-refractivity contribution in [3.8, 4) is 0 Å². The Kier molecular flexibility index (Phi) is 10.1. The number of rotatable bonds is 14. The lowest BCUT2D eigenvalue weighted by molar-refractivity contribution is -0.195. The van der Waals surface area contributed by atoms with Crippen LogP contribution in [0.2, 0.25) is 0 Å². The molecule has 0 spiro atoms. The van der Waals surface area contributed by atoms with Gasteiger partial charge < -0.3 is 24.6 Å². The number of esters is 1. The van der Waals surface area contributed by atoms with Crippen LogP contribution < -0.4 is 5.32 Å². The van der Waals surface area contributed by atoms with Gasteiger partial charge in [-0.2, -0.15) is 4.31 Å². The Morgan fingerprint density at radius 2 is 1.84 bits per heavy atom. The zero-order valence-electron chi connectivity index (χ0n) is 25.8. The van der Waals surface area contributed by atoms with E-state index in [0.717, 1.165) is 40.2 Å². The Morgan fingerprint density at radius 1 is 1.09 bits per heavy atom. The van der Waals surface area contributed by atoms with Gasteiger partial charge in [-0.25, -0.2) is 13.4 Å². The molecule has 2 saturated heterocycles. The molecular formula is C33H43N3O7S2. The molecule has 3 fully saturated rings. The number of sulfonamides is 1. The van der Waals surface area contributed by atoms with Crippen LogP contribution in [-0.4, -0.2) is 79.6 Å². The van der Waals surface area contributed by atoms with Crippen LogP contribution in [0.4, 0.5) is 5.13 Å². The predicted octanol–water partition coefficient (Wildman–Crippen LogP) is 4.82. The summed E-state index contributed by atoms with van der Waals surface area (Å²) in [6.45, 7) is 5.02. The molecule has 3 aliphatic rings. The van der Waals surface area contributed by atoms with Crippen LogP contribution in [0, 0.1) is 17.8 Å². The molecule has 0 amide bonds. The molecule has 0 bridgehead atoms. The van der Waals surface area contributed by atoms with Gasteiger partial charge in [0.15, 0.2) is 11.4 Å². The third-order valence-corrected chi connectivity index (χ3v) is 11.5. The summed E-state index contributed by atoms with van der Waals surface area (Å²) in [6, 6.07) is 15.1. The highest BCUT2D eigenvalue weighted by Crippen LogP contribution is 2.35. The number of nitrogens with one attached hydrogen (secondary N) is 1. The molecule has 45 heavy (non-hydrogen) atoms. The molecule has 5 atom stereocenters. The minimum Gasteiger partial charge on any atom is -0.462 e. The van der Waals surface area contributed by atoms with Crippen molar-refractivity contribution < 1.29 is 32.5 Å². The van der Waals surface area contributed by atoms with Crippen molar-refractivity contribution in [3.63, 3.8) is 0 Å². The number of aliphatic hydroxyl groups excluding tert-OH is 1. The molecule has 2 N–H and O–H groups in total. The van der Waals surface area contributed by atoms with Gasteiger partial charge in [0.1, 0.15) is 6.10 Å². The van der Waals surface area contributed by atoms with Gasteiger partial charge in [0.2, 0.25) is 10.0 Å². The fourth-order valence-electron chi connectivity index (χ4n) is 6.18. The summed E-state index contributed by atoms with van der Waals surface area (Å²) in [5.41, 5.74) is 1.70. The molecule has 2 aromatic carbocycles. The Balaban J connectivity index is 1.20. The van der Waals surface area contributed by atoms with Crippen LogP contribution in [0.1, 0.15) is 51.5 Å². The summed E-state index contributed by atoms with van der Waals surface area (Å²) in [6.07, 6.45) is 2.23. The van der Waals surface area contributed by atoms with Crippen molar-refractivity contribution in [2.24, 2.45) is 17.8 Å². The topological polar surface area (TPSA) is 127 Å². The molecule has 0 radical (unpaired) electrons. The molecule has 10 nitrogen and oxygen atoms in total. The Morgan fingerprint density at radius 3 is 2.58 bits per heavy atom. The summed E-state index contributed by atoms with van der Waals surface area (Å²) in [5, 5.41) is 15.8. The van der Waals surface area contributed by atoms with Crippen LogP contribution in [0.5, 0.6) is 0 Å². The Hall–Kier alpha value is -2.61. The van der Waals surface area contributed by atoms with Crippen LogP contribution in [-0.2, 0) is 35.4 Å². The predicted molar refractivity (Wildman–Crippen MR) is 172 cm³/mol. The number of aromatic nitrogens is 1. The Labute approximate surface area is 269 Å². The van der Waals surface area contributed by atoms with Gasteiger partial charge >= 0.3 is 5.97 Å². The van der Waals surface area contributed by atoms with Crippen LogP contribution in [0.25, 0.3) is 10.2 Å². The minimum absolute atomic E-state index is 0.00308. The van der Waals surface area contributed by atoms with E-state index in [0.29, 0.717) is 32.1 Å². The summed E-state index contributed by atoms with van der Waals surface area (Å²) in [5.74, 6) is -0.943. The summed E-state index contributed by atoms with van der Waals surface area (Å²) in [4.78, 5) is 18.1. The second kappa shape index (κ2) is 14.0. The van der Waals surface area contributed by atoms with Gasteiger partial charge in [-0.3, -0.25) is 4.79 Å². The first-order chi connectivity index (χ1) is 21.7. The number of ether oxygens (including phenoxy) is 3. The zero-order valence-corrected chi connectivity index (χ0v) is 27.5. The number of carbonyl (C=O) groups is 1. The van der Waals surface area contributed by atoms with E-state index in [2.05, 4.69) is 10.3 Å². The van der Waals surface area contributed by atoms with Crippen molar-refractivity contribution in [1.82, 2.24) is 9.29 Å². The Bertz CT molecular complexity index is 1560. The quantitative estimate of drug-likeness (QED) is 0.235. The van der Waals surface area contributed by atoms with Crippen LogP contribution in [0.15, 0.2) is 53.4 Å². The molecule has 6 rings (SSSR count). The fourth-order valence-corrected chi connectivity index (χ4v) is 8.88. The maximum absolute atomic E-state index is 14.1. The van der Waals surface area contributed by atoms with Crippen molar-refractivity contribution in [2.45, 2.75) is 81.8 Å². The minimum atomic E-state index is -3.96. The van der Waals surface area contributed by atoms with Gasteiger partial charge in [-0.05, 0) is 55.4 Å². The molecule has 2 aliphatic heterocycles. The first-order valence-corrected chi connectivity index (χ1v) is 18.2. The van der Waals surface area contributed by atoms with Crippen molar-refractivity contribution in [3.05, 3.63) is 54.1 Å². The maximum atomic E-state index is 14.1.